The monoisotopic (exact) mass is 506 g/mol. The lowest BCUT2D eigenvalue weighted by Crippen LogP contribution is -2.52. The SMILES string of the molecule is COC(=O)C1CN(CCS(=O)(=O)N(Cc2ccc(-c3nnc(C(F)F)o3)cc2)c2ccccc2)C1. The molecule has 0 spiro atoms. The van der Waals surface area contributed by atoms with Crippen LogP contribution in [0.5, 0.6) is 0 Å². The zero-order valence-corrected chi connectivity index (χ0v) is 19.7. The van der Waals surface area contributed by atoms with E-state index in [0.717, 1.165) is 0 Å². The first-order valence-corrected chi connectivity index (χ1v) is 12.4. The molecule has 0 saturated carbocycles. The average Bonchev–Trinajstić information content (AvgIpc) is 3.33. The number of rotatable bonds is 10. The molecule has 1 aliphatic heterocycles. The lowest BCUT2D eigenvalue weighted by Gasteiger charge is -2.37. The Morgan fingerprint density at radius 1 is 1.14 bits per heavy atom. The lowest BCUT2D eigenvalue weighted by atomic mass is 10.0. The Balaban J connectivity index is 1.46. The second-order valence-electron chi connectivity index (χ2n) is 8.08. The maximum absolute atomic E-state index is 13.3. The molecule has 1 aromatic heterocycles. The number of carbonyl (C=O) groups excluding carboxylic acids is 1. The summed E-state index contributed by atoms with van der Waals surface area (Å²) in [6, 6.07) is 15.3. The summed E-state index contributed by atoms with van der Waals surface area (Å²) in [7, 11) is -2.37. The maximum atomic E-state index is 13.3. The smallest absolute Gasteiger partial charge is 0.314 e. The van der Waals surface area contributed by atoms with Crippen LogP contribution < -0.4 is 4.31 Å². The molecule has 4 rings (SSSR count). The van der Waals surface area contributed by atoms with Crippen LogP contribution in [0.15, 0.2) is 59.0 Å². The van der Waals surface area contributed by atoms with Crippen LogP contribution in [0.25, 0.3) is 11.5 Å². The normalized spacial score (nSPS) is 14.6. The fourth-order valence-corrected chi connectivity index (χ4v) is 5.22. The largest absolute Gasteiger partial charge is 0.469 e. The average molecular weight is 507 g/mol. The molecule has 0 radical (unpaired) electrons. The van der Waals surface area contributed by atoms with E-state index in [2.05, 4.69) is 10.2 Å². The molecule has 0 atom stereocenters. The topological polar surface area (TPSA) is 106 Å². The fraction of sp³-hybridized carbons (Fsp3) is 0.348. The summed E-state index contributed by atoms with van der Waals surface area (Å²) in [5, 5.41) is 6.94. The summed E-state index contributed by atoms with van der Waals surface area (Å²) in [6.45, 7) is 1.31. The van der Waals surface area contributed by atoms with Crippen molar-refractivity contribution in [3.63, 3.8) is 0 Å². The van der Waals surface area contributed by atoms with Crippen LogP contribution >= 0.6 is 0 Å². The minimum atomic E-state index is -3.71. The highest BCUT2D eigenvalue weighted by molar-refractivity contribution is 7.92. The van der Waals surface area contributed by atoms with Crippen LogP contribution in [0.2, 0.25) is 0 Å². The van der Waals surface area contributed by atoms with E-state index >= 15 is 0 Å². The highest BCUT2D eigenvalue weighted by Gasteiger charge is 2.34. The van der Waals surface area contributed by atoms with Gasteiger partial charge >= 0.3 is 12.4 Å². The van der Waals surface area contributed by atoms with Gasteiger partial charge in [0.25, 0.3) is 5.89 Å². The minimum absolute atomic E-state index is 0.0424. The van der Waals surface area contributed by atoms with E-state index < -0.39 is 22.3 Å². The lowest BCUT2D eigenvalue weighted by molar-refractivity contribution is -0.151. The second kappa shape index (κ2) is 10.5. The predicted molar refractivity (Wildman–Crippen MR) is 123 cm³/mol. The van der Waals surface area contributed by atoms with Gasteiger partial charge in [-0.15, -0.1) is 10.2 Å². The van der Waals surface area contributed by atoms with Crippen LogP contribution in [0.4, 0.5) is 14.5 Å². The van der Waals surface area contributed by atoms with E-state index in [1.165, 1.54) is 11.4 Å². The summed E-state index contributed by atoms with van der Waals surface area (Å²) >= 11 is 0. The molecule has 35 heavy (non-hydrogen) atoms. The van der Waals surface area contributed by atoms with E-state index in [-0.39, 0.29) is 30.1 Å². The number of para-hydroxylation sites is 1. The van der Waals surface area contributed by atoms with Crippen molar-refractivity contribution in [2.75, 3.05) is 36.8 Å². The molecule has 1 fully saturated rings. The molecule has 1 aliphatic rings. The Kier molecular flexibility index (Phi) is 7.41. The third-order valence-electron chi connectivity index (χ3n) is 5.69. The summed E-state index contributed by atoms with van der Waals surface area (Å²) in [4.78, 5) is 13.5. The molecular formula is C23H24F2N4O5S. The van der Waals surface area contributed by atoms with E-state index in [4.69, 9.17) is 9.15 Å². The van der Waals surface area contributed by atoms with Gasteiger partial charge in [0.15, 0.2) is 0 Å². The third kappa shape index (κ3) is 5.82. The number of nitrogens with zero attached hydrogens (tertiary/aromatic N) is 4. The molecule has 12 heteroatoms. The molecule has 0 aliphatic carbocycles. The van der Waals surface area contributed by atoms with Crippen LogP contribution in [0, 0.1) is 5.92 Å². The van der Waals surface area contributed by atoms with Crippen molar-refractivity contribution >= 4 is 21.7 Å². The van der Waals surface area contributed by atoms with Crippen molar-refractivity contribution in [2.45, 2.75) is 13.0 Å². The molecule has 186 valence electrons. The first-order chi connectivity index (χ1) is 16.8. The van der Waals surface area contributed by atoms with E-state index in [1.54, 1.807) is 54.6 Å². The number of aromatic nitrogens is 2. The van der Waals surface area contributed by atoms with Crippen molar-refractivity contribution < 1.29 is 31.1 Å². The summed E-state index contributed by atoms with van der Waals surface area (Å²) in [5.74, 6) is -1.43. The molecule has 3 aromatic rings. The molecule has 0 unspecified atom stereocenters. The Bertz CT molecular complexity index is 1250. The van der Waals surface area contributed by atoms with Gasteiger partial charge in [-0.3, -0.25) is 9.10 Å². The van der Waals surface area contributed by atoms with Gasteiger partial charge in [0.05, 0.1) is 31.0 Å². The van der Waals surface area contributed by atoms with Crippen LogP contribution in [-0.2, 0) is 26.1 Å². The zero-order chi connectivity index (χ0) is 25.0. The number of carbonyl (C=O) groups is 1. The molecular weight excluding hydrogens is 482 g/mol. The van der Waals surface area contributed by atoms with Gasteiger partial charge in [0, 0.05) is 25.2 Å². The first kappa shape index (κ1) is 24.7. The number of anilines is 1. The number of hydrogen-bond donors (Lipinski definition) is 0. The molecule has 9 nitrogen and oxygen atoms in total. The quantitative estimate of drug-likeness (QED) is 0.386. The zero-order valence-electron chi connectivity index (χ0n) is 18.9. The van der Waals surface area contributed by atoms with Gasteiger partial charge in [-0.1, -0.05) is 30.3 Å². The number of esters is 1. The Hall–Kier alpha value is -3.38. The summed E-state index contributed by atoms with van der Waals surface area (Å²) in [6.07, 6.45) is -2.86. The molecule has 2 aromatic carbocycles. The highest BCUT2D eigenvalue weighted by atomic mass is 32.2. The van der Waals surface area contributed by atoms with E-state index in [9.17, 15) is 22.0 Å². The molecule has 1 saturated heterocycles. The third-order valence-corrected chi connectivity index (χ3v) is 7.40. The number of likely N-dealkylation sites (tertiary alicyclic amines) is 1. The standard InChI is InChI=1S/C23H24F2N4O5S/c1-33-23(30)18-14-28(15-18)11-12-35(31,32)29(19-5-3-2-4-6-19)13-16-7-9-17(10-8-16)21-26-27-22(34-21)20(24)25/h2-10,18,20H,11-15H2,1H3. The van der Waals surface area contributed by atoms with Crippen LogP contribution in [-0.4, -0.2) is 62.0 Å². The number of methoxy groups -OCH3 is 1. The summed E-state index contributed by atoms with van der Waals surface area (Å²) < 4.78 is 63.0. The van der Waals surface area contributed by atoms with Gasteiger partial charge in [0.1, 0.15) is 0 Å². The Morgan fingerprint density at radius 3 is 2.43 bits per heavy atom. The number of halogens is 2. The van der Waals surface area contributed by atoms with Crippen molar-refractivity contribution in [2.24, 2.45) is 5.92 Å². The number of benzene rings is 2. The number of hydrogen-bond acceptors (Lipinski definition) is 8. The van der Waals surface area contributed by atoms with Gasteiger partial charge in [0.2, 0.25) is 15.9 Å². The molecule has 0 amide bonds. The van der Waals surface area contributed by atoms with Crippen LogP contribution in [0.3, 0.4) is 0 Å². The van der Waals surface area contributed by atoms with Crippen LogP contribution in [0.1, 0.15) is 17.9 Å². The second-order valence-corrected chi connectivity index (χ2v) is 10.1. The number of sulfonamides is 1. The van der Waals surface area contributed by atoms with Crippen molar-refractivity contribution in [1.29, 1.82) is 0 Å². The maximum Gasteiger partial charge on any atom is 0.314 e. The summed E-state index contributed by atoms with van der Waals surface area (Å²) in [5.41, 5.74) is 1.65. The molecule has 0 bridgehead atoms. The van der Waals surface area contributed by atoms with Crippen molar-refractivity contribution in [3.8, 4) is 11.5 Å². The van der Waals surface area contributed by atoms with Gasteiger partial charge in [-0.05, 0) is 29.8 Å². The van der Waals surface area contributed by atoms with Gasteiger partial charge in [-0.2, -0.15) is 8.78 Å². The van der Waals surface area contributed by atoms with E-state index in [0.29, 0.717) is 36.4 Å². The Labute approximate surface area is 201 Å². The van der Waals surface area contributed by atoms with Gasteiger partial charge < -0.3 is 14.1 Å². The number of ether oxygens (including phenoxy) is 1. The highest BCUT2D eigenvalue weighted by Crippen LogP contribution is 2.26. The van der Waals surface area contributed by atoms with E-state index in [1.807, 2.05) is 4.90 Å². The fourth-order valence-electron chi connectivity index (χ4n) is 3.73. The molecule has 0 N–H and O–H groups in total. The predicted octanol–water partition coefficient (Wildman–Crippen LogP) is 3.12. The van der Waals surface area contributed by atoms with Gasteiger partial charge in [-0.25, -0.2) is 8.42 Å². The number of alkyl halides is 2. The van der Waals surface area contributed by atoms with Crippen molar-refractivity contribution in [1.82, 2.24) is 15.1 Å². The minimum Gasteiger partial charge on any atom is -0.469 e. The van der Waals surface area contributed by atoms with Crippen molar-refractivity contribution in [3.05, 3.63) is 66.1 Å². The Morgan fingerprint density at radius 2 is 1.83 bits per heavy atom. The first-order valence-electron chi connectivity index (χ1n) is 10.8. The molecule has 2 heterocycles.